The Morgan fingerprint density at radius 2 is 1.73 bits per heavy atom. The van der Waals surface area contributed by atoms with Gasteiger partial charge in [0.2, 0.25) is 10.0 Å². The zero-order valence-corrected chi connectivity index (χ0v) is 19.2. The maximum Gasteiger partial charge on any atom is 0.269 e. The van der Waals surface area contributed by atoms with Crippen molar-refractivity contribution in [3.63, 3.8) is 0 Å². The average Bonchev–Trinajstić information content (AvgIpc) is 2.69. The summed E-state index contributed by atoms with van der Waals surface area (Å²) in [5, 5.41) is 0.403. The molecule has 1 atom stereocenters. The van der Waals surface area contributed by atoms with Crippen LogP contribution in [0.4, 0.5) is 0 Å². The fraction of sp³-hybridized carbons (Fsp3) is 0.300. The summed E-state index contributed by atoms with van der Waals surface area (Å²) in [5.74, 6) is -0.587. The van der Waals surface area contributed by atoms with Crippen LogP contribution in [-0.4, -0.2) is 38.3 Å². The fourth-order valence-corrected chi connectivity index (χ4v) is 4.52. The number of aryl methyl sites for hydroxylation is 2. The third-order valence-corrected chi connectivity index (χ3v) is 6.66. The molecule has 10 heteroatoms. The predicted octanol–water partition coefficient (Wildman–Crippen LogP) is 2.82. The SMILES string of the molecule is CSCCC(NS(=O)(=O)c1ccc(Cl)cc1)C(=O)NNC(=O)c1ccc(C)cc1C. The van der Waals surface area contributed by atoms with Crippen molar-refractivity contribution < 1.29 is 18.0 Å². The lowest BCUT2D eigenvalue weighted by atomic mass is 10.1. The topological polar surface area (TPSA) is 104 Å². The molecule has 0 aliphatic heterocycles. The van der Waals surface area contributed by atoms with Crippen molar-refractivity contribution in [3.05, 3.63) is 64.2 Å². The van der Waals surface area contributed by atoms with E-state index in [9.17, 15) is 18.0 Å². The second-order valence-corrected chi connectivity index (χ2v) is 9.81. The van der Waals surface area contributed by atoms with Crippen LogP contribution in [0.15, 0.2) is 47.4 Å². The molecule has 0 aliphatic carbocycles. The van der Waals surface area contributed by atoms with Gasteiger partial charge in [0.15, 0.2) is 0 Å². The van der Waals surface area contributed by atoms with E-state index in [-0.39, 0.29) is 11.3 Å². The second kappa shape index (κ2) is 10.8. The minimum absolute atomic E-state index is 0.00633. The largest absolute Gasteiger partial charge is 0.271 e. The Morgan fingerprint density at radius 3 is 2.33 bits per heavy atom. The Kier molecular flexibility index (Phi) is 8.72. The number of thioether (sulfide) groups is 1. The highest BCUT2D eigenvalue weighted by Gasteiger charge is 2.26. The van der Waals surface area contributed by atoms with E-state index in [1.165, 1.54) is 36.0 Å². The number of carbonyl (C=O) groups is 2. The average molecular weight is 470 g/mol. The molecular weight excluding hydrogens is 446 g/mol. The number of sulfonamides is 1. The van der Waals surface area contributed by atoms with E-state index in [2.05, 4.69) is 15.6 Å². The lowest BCUT2D eigenvalue weighted by Crippen LogP contribution is -2.52. The summed E-state index contributed by atoms with van der Waals surface area (Å²) in [6, 6.07) is 9.89. The van der Waals surface area contributed by atoms with Crippen molar-refractivity contribution in [2.75, 3.05) is 12.0 Å². The Bertz CT molecular complexity index is 1010. The molecule has 0 fully saturated rings. The van der Waals surface area contributed by atoms with Gasteiger partial charge < -0.3 is 0 Å². The zero-order chi connectivity index (χ0) is 22.3. The molecule has 1 unspecified atom stereocenters. The summed E-state index contributed by atoms with van der Waals surface area (Å²) in [4.78, 5) is 25.0. The molecule has 3 N–H and O–H groups in total. The van der Waals surface area contributed by atoms with Gasteiger partial charge in [-0.1, -0.05) is 29.3 Å². The molecule has 0 aliphatic rings. The van der Waals surface area contributed by atoms with E-state index in [4.69, 9.17) is 11.6 Å². The van der Waals surface area contributed by atoms with Crippen LogP contribution in [0.25, 0.3) is 0 Å². The number of benzene rings is 2. The number of halogens is 1. The van der Waals surface area contributed by atoms with Gasteiger partial charge in [0, 0.05) is 10.6 Å². The van der Waals surface area contributed by atoms with E-state index in [1.807, 2.05) is 19.2 Å². The molecule has 0 spiro atoms. The van der Waals surface area contributed by atoms with Crippen molar-refractivity contribution >= 4 is 45.2 Å². The smallest absolute Gasteiger partial charge is 0.269 e. The first-order chi connectivity index (χ1) is 14.1. The second-order valence-electron chi connectivity index (χ2n) is 6.67. The molecule has 2 rings (SSSR count). The standard InChI is InChI=1S/C20H24ClN3O4S2/c1-13-4-9-17(14(2)12-13)19(25)22-23-20(26)18(10-11-29-3)24-30(27,28)16-7-5-15(21)6-8-16/h4-9,12,18,24H,10-11H2,1-3H3,(H,22,25)(H,23,26). The molecule has 2 aromatic rings. The first-order valence-corrected chi connectivity index (χ1v) is 12.3. The summed E-state index contributed by atoms with van der Waals surface area (Å²) in [7, 11) is -3.95. The number of hydrogen-bond acceptors (Lipinski definition) is 5. The lowest BCUT2D eigenvalue weighted by molar-refractivity contribution is -0.123. The third kappa shape index (κ3) is 6.73. The molecule has 0 bridgehead atoms. The molecule has 0 heterocycles. The predicted molar refractivity (Wildman–Crippen MR) is 120 cm³/mol. The van der Waals surface area contributed by atoms with Gasteiger partial charge in [-0.2, -0.15) is 16.5 Å². The van der Waals surface area contributed by atoms with Crippen LogP contribution >= 0.6 is 23.4 Å². The molecule has 0 aromatic heterocycles. The highest BCUT2D eigenvalue weighted by atomic mass is 35.5. The van der Waals surface area contributed by atoms with Gasteiger partial charge in [-0.3, -0.25) is 20.4 Å². The molecule has 162 valence electrons. The molecule has 2 amide bonds. The van der Waals surface area contributed by atoms with Crippen LogP contribution in [-0.2, 0) is 14.8 Å². The minimum atomic E-state index is -3.95. The molecule has 7 nitrogen and oxygen atoms in total. The summed E-state index contributed by atoms with van der Waals surface area (Å²) >= 11 is 7.28. The Hall–Kier alpha value is -2.07. The van der Waals surface area contributed by atoms with Gasteiger partial charge in [0.05, 0.1) is 4.90 Å². The number of hydrogen-bond donors (Lipinski definition) is 3. The molecular formula is C20H24ClN3O4S2. The van der Waals surface area contributed by atoms with Crippen LogP contribution in [0.1, 0.15) is 27.9 Å². The number of carbonyl (C=O) groups excluding carboxylic acids is 2. The van der Waals surface area contributed by atoms with Crippen molar-refractivity contribution in [1.29, 1.82) is 0 Å². The summed E-state index contributed by atoms with van der Waals surface area (Å²) in [6.45, 7) is 3.71. The van der Waals surface area contributed by atoms with E-state index in [1.54, 1.807) is 19.1 Å². The Morgan fingerprint density at radius 1 is 1.07 bits per heavy atom. The van der Waals surface area contributed by atoms with Gasteiger partial charge in [0.1, 0.15) is 6.04 Å². The van der Waals surface area contributed by atoms with E-state index in [0.29, 0.717) is 16.3 Å². The monoisotopic (exact) mass is 469 g/mol. The maximum atomic E-state index is 12.6. The van der Waals surface area contributed by atoms with Crippen molar-refractivity contribution in [2.45, 2.75) is 31.2 Å². The number of rotatable bonds is 8. The van der Waals surface area contributed by atoms with Gasteiger partial charge >= 0.3 is 0 Å². The fourth-order valence-electron chi connectivity index (χ4n) is 2.69. The minimum Gasteiger partial charge on any atom is -0.271 e. The normalized spacial score (nSPS) is 12.3. The highest BCUT2D eigenvalue weighted by Crippen LogP contribution is 2.15. The zero-order valence-electron chi connectivity index (χ0n) is 16.9. The highest BCUT2D eigenvalue weighted by molar-refractivity contribution is 7.98. The number of hydrazine groups is 1. The van der Waals surface area contributed by atoms with E-state index in [0.717, 1.165) is 11.1 Å². The number of nitrogens with one attached hydrogen (secondary N) is 3. The summed E-state index contributed by atoms with van der Waals surface area (Å²) in [5.41, 5.74) is 6.87. The van der Waals surface area contributed by atoms with Gasteiger partial charge in [-0.05, 0) is 68.2 Å². The van der Waals surface area contributed by atoms with Crippen molar-refractivity contribution in [1.82, 2.24) is 15.6 Å². The Labute approximate surface area is 186 Å². The van der Waals surface area contributed by atoms with Crippen LogP contribution in [0.3, 0.4) is 0 Å². The van der Waals surface area contributed by atoms with Crippen LogP contribution < -0.4 is 15.6 Å². The Balaban J connectivity index is 2.09. The van der Waals surface area contributed by atoms with Crippen molar-refractivity contribution in [3.8, 4) is 0 Å². The van der Waals surface area contributed by atoms with Crippen molar-refractivity contribution in [2.24, 2.45) is 0 Å². The van der Waals surface area contributed by atoms with E-state index >= 15 is 0 Å². The quantitative estimate of drug-likeness (QED) is 0.516. The van der Waals surface area contributed by atoms with Gasteiger partial charge in [-0.25, -0.2) is 8.42 Å². The molecule has 2 aromatic carbocycles. The van der Waals surface area contributed by atoms with Gasteiger partial charge in [0.25, 0.3) is 11.8 Å². The van der Waals surface area contributed by atoms with E-state index < -0.39 is 27.9 Å². The lowest BCUT2D eigenvalue weighted by Gasteiger charge is -2.19. The summed E-state index contributed by atoms with van der Waals surface area (Å²) < 4.78 is 27.7. The maximum absolute atomic E-state index is 12.6. The van der Waals surface area contributed by atoms with Crippen LogP contribution in [0.5, 0.6) is 0 Å². The first kappa shape index (κ1) is 24.2. The first-order valence-electron chi connectivity index (χ1n) is 9.08. The van der Waals surface area contributed by atoms with Gasteiger partial charge in [-0.15, -0.1) is 0 Å². The summed E-state index contributed by atoms with van der Waals surface area (Å²) in [6.07, 6.45) is 2.10. The molecule has 30 heavy (non-hydrogen) atoms. The molecule has 0 radical (unpaired) electrons. The molecule has 0 saturated carbocycles. The number of amides is 2. The third-order valence-electron chi connectivity index (χ3n) is 4.27. The molecule has 0 saturated heterocycles. The van der Waals surface area contributed by atoms with Crippen LogP contribution in [0.2, 0.25) is 5.02 Å². The van der Waals surface area contributed by atoms with Crippen LogP contribution in [0, 0.1) is 13.8 Å².